The number of hydrogen-bond donors (Lipinski definition) is 2. The lowest BCUT2D eigenvalue weighted by molar-refractivity contribution is 0.260. The summed E-state index contributed by atoms with van der Waals surface area (Å²) in [6, 6.07) is 0. The molecule has 3 N–H and O–H groups in total. The third-order valence-corrected chi connectivity index (χ3v) is 4.00. The Kier molecular flexibility index (Phi) is 4.27. The quantitative estimate of drug-likeness (QED) is 0.650. The number of sulfonamides is 1. The van der Waals surface area contributed by atoms with Crippen molar-refractivity contribution in [3.05, 3.63) is 18.9 Å². The maximum absolute atomic E-state index is 12.2. The van der Waals surface area contributed by atoms with Crippen LogP contribution < -0.4 is 5.73 Å². The van der Waals surface area contributed by atoms with Gasteiger partial charge in [0.15, 0.2) is 5.82 Å². The molecule has 1 aromatic rings. The maximum atomic E-state index is 12.2. The number of hydrogen-bond acceptors (Lipinski definition) is 5. The molecule has 0 aromatic carbocycles. The van der Waals surface area contributed by atoms with Crippen LogP contribution in [0.5, 0.6) is 0 Å². The fourth-order valence-electron chi connectivity index (χ4n) is 1.39. The van der Waals surface area contributed by atoms with E-state index >= 15 is 0 Å². The van der Waals surface area contributed by atoms with Crippen molar-refractivity contribution < 1.29 is 13.5 Å². The van der Waals surface area contributed by atoms with Gasteiger partial charge in [0.05, 0.1) is 6.61 Å². The van der Waals surface area contributed by atoms with Gasteiger partial charge < -0.3 is 10.8 Å². The van der Waals surface area contributed by atoms with E-state index in [1.54, 1.807) is 7.05 Å². The van der Waals surface area contributed by atoms with Crippen molar-refractivity contribution in [1.82, 2.24) is 14.1 Å². The van der Waals surface area contributed by atoms with E-state index in [2.05, 4.69) is 11.7 Å². The van der Waals surface area contributed by atoms with Crippen molar-refractivity contribution in [2.75, 3.05) is 25.4 Å². The average molecular weight is 260 g/mol. The zero-order valence-electron chi connectivity index (χ0n) is 9.57. The molecule has 1 rings (SSSR count). The summed E-state index contributed by atoms with van der Waals surface area (Å²) in [5.74, 6) is -0.0560. The summed E-state index contributed by atoms with van der Waals surface area (Å²) < 4.78 is 26.8. The molecule has 0 fully saturated rings. The molecule has 1 heterocycles. The molecule has 0 atom stereocenters. The van der Waals surface area contributed by atoms with E-state index in [1.807, 2.05) is 0 Å². The summed E-state index contributed by atoms with van der Waals surface area (Å²) in [6.07, 6.45) is 2.78. The molecule has 0 aliphatic heterocycles. The second kappa shape index (κ2) is 5.30. The number of nitrogens with two attached hydrogens (primary N) is 1. The number of aliphatic hydroxyl groups is 1. The van der Waals surface area contributed by atoms with E-state index in [1.165, 1.54) is 17.0 Å². The fourth-order valence-corrected chi connectivity index (χ4v) is 2.88. The third kappa shape index (κ3) is 2.84. The molecule has 0 radical (unpaired) electrons. The molecule has 0 amide bonds. The Hall–Kier alpha value is -1.38. The van der Waals surface area contributed by atoms with Gasteiger partial charge in [0.1, 0.15) is 4.90 Å². The van der Waals surface area contributed by atoms with Crippen molar-refractivity contribution in [2.45, 2.75) is 4.90 Å². The molecule has 0 unspecified atom stereocenters. The minimum Gasteiger partial charge on any atom is -0.395 e. The van der Waals surface area contributed by atoms with E-state index < -0.39 is 10.0 Å². The highest BCUT2D eigenvalue weighted by Gasteiger charge is 2.27. The van der Waals surface area contributed by atoms with Gasteiger partial charge in [-0.3, -0.25) is 4.68 Å². The highest BCUT2D eigenvalue weighted by Crippen LogP contribution is 2.20. The Bertz CT molecular complexity index is 494. The van der Waals surface area contributed by atoms with E-state index in [0.29, 0.717) is 0 Å². The van der Waals surface area contributed by atoms with Gasteiger partial charge in [-0.2, -0.15) is 9.40 Å². The topological polar surface area (TPSA) is 101 Å². The van der Waals surface area contributed by atoms with Crippen molar-refractivity contribution in [3.63, 3.8) is 0 Å². The number of aryl methyl sites for hydroxylation is 1. The van der Waals surface area contributed by atoms with E-state index in [0.717, 1.165) is 4.31 Å². The molecule has 0 saturated carbocycles. The van der Waals surface area contributed by atoms with Crippen LogP contribution in [0.25, 0.3) is 0 Å². The first-order valence-electron chi connectivity index (χ1n) is 4.94. The lowest BCUT2D eigenvalue weighted by Gasteiger charge is -2.18. The number of aliphatic hydroxyl groups excluding tert-OH is 1. The molecular weight excluding hydrogens is 244 g/mol. The molecule has 0 aliphatic carbocycles. The third-order valence-electron chi connectivity index (χ3n) is 2.12. The van der Waals surface area contributed by atoms with Gasteiger partial charge in [-0.05, 0) is 0 Å². The molecule has 17 heavy (non-hydrogen) atoms. The van der Waals surface area contributed by atoms with Crippen LogP contribution in [0.2, 0.25) is 0 Å². The smallest absolute Gasteiger partial charge is 0.248 e. The van der Waals surface area contributed by atoms with Gasteiger partial charge in [-0.25, -0.2) is 8.42 Å². The van der Waals surface area contributed by atoms with Crippen LogP contribution in [-0.2, 0) is 17.1 Å². The molecule has 1 aromatic heterocycles. The average Bonchev–Trinajstić information content (AvgIpc) is 2.58. The Morgan fingerprint density at radius 1 is 1.71 bits per heavy atom. The second-order valence-electron chi connectivity index (χ2n) is 3.43. The van der Waals surface area contributed by atoms with Gasteiger partial charge in [0.25, 0.3) is 0 Å². The summed E-state index contributed by atoms with van der Waals surface area (Å²) >= 11 is 0. The van der Waals surface area contributed by atoms with Gasteiger partial charge >= 0.3 is 0 Å². The van der Waals surface area contributed by atoms with Crippen molar-refractivity contribution in [1.29, 1.82) is 0 Å². The summed E-state index contributed by atoms with van der Waals surface area (Å²) in [6.45, 7) is 3.30. The summed E-state index contributed by atoms with van der Waals surface area (Å²) in [5.41, 5.74) is 5.53. The lowest BCUT2D eigenvalue weighted by atomic mass is 10.6. The predicted molar refractivity (Wildman–Crippen MR) is 63.7 cm³/mol. The number of anilines is 1. The summed E-state index contributed by atoms with van der Waals surface area (Å²) in [5, 5.41) is 12.6. The SMILES string of the molecule is C=CCN(CCO)S(=O)(=O)c1cn(C)nc1N. The molecule has 0 aliphatic rings. The molecular formula is C9H16N4O3S. The van der Waals surface area contributed by atoms with Crippen molar-refractivity contribution >= 4 is 15.8 Å². The Balaban J connectivity index is 3.15. The van der Waals surface area contributed by atoms with Crippen LogP contribution in [0.15, 0.2) is 23.7 Å². The van der Waals surface area contributed by atoms with E-state index in [-0.39, 0.29) is 30.4 Å². The van der Waals surface area contributed by atoms with Crippen LogP contribution in [0.1, 0.15) is 0 Å². The first-order chi connectivity index (χ1) is 7.93. The first-order valence-corrected chi connectivity index (χ1v) is 6.38. The molecule has 0 bridgehead atoms. The van der Waals surface area contributed by atoms with Gasteiger partial charge in [0, 0.05) is 26.3 Å². The predicted octanol–water partition coefficient (Wildman–Crippen LogP) is -0.829. The van der Waals surface area contributed by atoms with Crippen molar-refractivity contribution in [3.8, 4) is 0 Å². The van der Waals surface area contributed by atoms with Gasteiger partial charge in [0.2, 0.25) is 10.0 Å². The van der Waals surface area contributed by atoms with Gasteiger partial charge in [-0.1, -0.05) is 6.08 Å². The maximum Gasteiger partial charge on any atom is 0.248 e. The van der Waals surface area contributed by atoms with Crippen LogP contribution in [0.4, 0.5) is 5.82 Å². The Morgan fingerprint density at radius 3 is 2.76 bits per heavy atom. The van der Waals surface area contributed by atoms with E-state index in [4.69, 9.17) is 10.8 Å². The fraction of sp³-hybridized carbons (Fsp3) is 0.444. The molecule has 7 nitrogen and oxygen atoms in total. The van der Waals surface area contributed by atoms with Crippen molar-refractivity contribution in [2.24, 2.45) is 7.05 Å². The largest absolute Gasteiger partial charge is 0.395 e. The molecule has 0 spiro atoms. The monoisotopic (exact) mass is 260 g/mol. The Morgan fingerprint density at radius 2 is 2.35 bits per heavy atom. The normalized spacial score (nSPS) is 11.9. The van der Waals surface area contributed by atoms with Crippen LogP contribution in [-0.4, -0.2) is 47.3 Å². The minimum atomic E-state index is -3.74. The highest BCUT2D eigenvalue weighted by molar-refractivity contribution is 7.89. The standard InChI is InChI=1S/C9H16N4O3S/c1-3-4-13(5-6-14)17(15,16)8-7-12(2)11-9(8)10/h3,7,14H,1,4-6H2,2H3,(H2,10,11). The Labute approximate surface area is 100 Å². The zero-order valence-corrected chi connectivity index (χ0v) is 10.4. The van der Waals surface area contributed by atoms with E-state index in [9.17, 15) is 8.42 Å². The number of aromatic nitrogens is 2. The lowest BCUT2D eigenvalue weighted by Crippen LogP contribution is -2.34. The molecule has 8 heteroatoms. The summed E-state index contributed by atoms with van der Waals surface area (Å²) in [7, 11) is -2.16. The zero-order chi connectivity index (χ0) is 13.1. The summed E-state index contributed by atoms with van der Waals surface area (Å²) in [4.78, 5) is -0.0599. The van der Waals surface area contributed by atoms with Crippen LogP contribution >= 0.6 is 0 Å². The first kappa shape index (κ1) is 13.7. The number of rotatable bonds is 6. The minimum absolute atomic E-state index is 0.0112. The molecule has 0 saturated heterocycles. The van der Waals surface area contributed by atoms with Crippen LogP contribution in [0.3, 0.4) is 0 Å². The highest BCUT2D eigenvalue weighted by atomic mass is 32.2. The molecule has 96 valence electrons. The number of nitrogens with zero attached hydrogens (tertiary/aromatic N) is 3. The second-order valence-corrected chi connectivity index (χ2v) is 5.33. The van der Waals surface area contributed by atoms with Crippen LogP contribution in [0, 0.1) is 0 Å². The number of nitrogen functional groups attached to an aromatic ring is 1. The van der Waals surface area contributed by atoms with Gasteiger partial charge in [-0.15, -0.1) is 6.58 Å².